The highest BCUT2D eigenvalue weighted by molar-refractivity contribution is 7.91. The molecule has 0 aliphatic heterocycles. The van der Waals surface area contributed by atoms with Crippen LogP contribution in [0.4, 0.5) is 4.39 Å². The van der Waals surface area contributed by atoms with Crippen molar-refractivity contribution in [2.24, 2.45) is 0 Å². The lowest BCUT2D eigenvalue weighted by molar-refractivity contribution is 0.108. The zero-order valence-electron chi connectivity index (χ0n) is 7.83. The fraction of sp³-hybridized carbons (Fsp3) is 0.222. The average Bonchev–Trinajstić information content (AvgIpc) is 2.17. The van der Waals surface area contributed by atoms with E-state index in [1.807, 2.05) is 0 Å². The third-order valence-electron chi connectivity index (χ3n) is 1.87. The number of hydrogen-bond acceptors (Lipinski definition) is 3. The van der Waals surface area contributed by atoms with Gasteiger partial charge < -0.3 is 0 Å². The molecule has 82 valence electrons. The molecule has 0 unspecified atom stereocenters. The molecule has 0 heterocycles. The minimum atomic E-state index is -3.67. The Morgan fingerprint density at radius 3 is 2.53 bits per heavy atom. The van der Waals surface area contributed by atoms with Gasteiger partial charge in [-0.15, -0.1) is 0 Å². The maximum atomic E-state index is 13.2. The highest BCUT2D eigenvalue weighted by Gasteiger charge is 2.18. The van der Waals surface area contributed by atoms with Crippen LogP contribution in [0, 0.1) is 5.82 Å². The van der Waals surface area contributed by atoms with Crippen LogP contribution in [0.5, 0.6) is 0 Å². The van der Waals surface area contributed by atoms with Crippen LogP contribution in [-0.2, 0) is 9.84 Å². The predicted octanol–water partition coefficient (Wildman–Crippen LogP) is 2.00. The van der Waals surface area contributed by atoms with Gasteiger partial charge in [0.2, 0.25) is 0 Å². The van der Waals surface area contributed by atoms with Gasteiger partial charge in [0.25, 0.3) is 5.24 Å². The molecule has 0 aromatic heterocycles. The Kier molecular flexibility index (Phi) is 3.46. The number of hydrogen-bond donors (Lipinski definition) is 0. The lowest BCUT2D eigenvalue weighted by Crippen LogP contribution is -2.07. The van der Waals surface area contributed by atoms with Crippen molar-refractivity contribution in [2.75, 3.05) is 5.75 Å². The van der Waals surface area contributed by atoms with Crippen LogP contribution in [0.1, 0.15) is 17.3 Å². The van der Waals surface area contributed by atoms with E-state index in [2.05, 4.69) is 0 Å². The van der Waals surface area contributed by atoms with Gasteiger partial charge in [-0.05, 0) is 29.8 Å². The van der Waals surface area contributed by atoms with E-state index in [1.165, 1.54) is 6.92 Å². The molecule has 1 aromatic rings. The van der Waals surface area contributed by atoms with Crippen molar-refractivity contribution in [3.63, 3.8) is 0 Å². The Bertz CT molecular complexity index is 496. The first-order valence-corrected chi connectivity index (χ1v) is 6.13. The van der Waals surface area contributed by atoms with E-state index in [9.17, 15) is 17.6 Å². The Morgan fingerprint density at radius 1 is 1.47 bits per heavy atom. The summed E-state index contributed by atoms with van der Waals surface area (Å²) in [6, 6.07) is 3.00. The summed E-state index contributed by atoms with van der Waals surface area (Å²) in [6.45, 7) is 1.39. The fourth-order valence-electron chi connectivity index (χ4n) is 1.02. The molecule has 1 aromatic carbocycles. The lowest BCUT2D eigenvalue weighted by Gasteiger charge is -2.03. The van der Waals surface area contributed by atoms with E-state index in [1.54, 1.807) is 0 Å². The zero-order chi connectivity index (χ0) is 11.6. The summed E-state index contributed by atoms with van der Waals surface area (Å²) in [5.74, 6) is -1.11. The number of halogens is 2. The molecule has 0 aliphatic carbocycles. The zero-order valence-corrected chi connectivity index (χ0v) is 9.40. The standard InChI is InChI=1S/C9H8ClFO3S/c1-2-15(13,14)8-5-6(9(10)12)3-4-7(8)11/h3-5H,2H2,1H3. The van der Waals surface area contributed by atoms with E-state index in [0.29, 0.717) is 0 Å². The first kappa shape index (κ1) is 12.1. The summed E-state index contributed by atoms with van der Waals surface area (Å²) in [7, 11) is -3.67. The largest absolute Gasteiger partial charge is 0.276 e. The molecular weight excluding hydrogens is 243 g/mol. The molecule has 0 saturated heterocycles. The molecule has 15 heavy (non-hydrogen) atoms. The topological polar surface area (TPSA) is 51.2 Å². The summed E-state index contributed by atoms with van der Waals surface area (Å²) in [4.78, 5) is 10.3. The molecule has 0 N–H and O–H groups in total. The Hall–Kier alpha value is -0.940. The highest BCUT2D eigenvalue weighted by atomic mass is 35.5. The summed E-state index contributed by atoms with van der Waals surface area (Å²) in [5.41, 5.74) is -0.0370. The maximum Gasteiger partial charge on any atom is 0.252 e. The van der Waals surface area contributed by atoms with Gasteiger partial charge in [-0.1, -0.05) is 6.92 Å². The molecule has 1 rings (SSSR count). The number of carbonyl (C=O) groups is 1. The first-order valence-electron chi connectivity index (χ1n) is 4.10. The third-order valence-corrected chi connectivity index (χ3v) is 3.83. The van der Waals surface area contributed by atoms with Crippen LogP contribution in [0.2, 0.25) is 0 Å². The van der Waals surface area contributed by atoms with Gasteiger partial charge in [0.05, 0.1) is 5.75 Å². The van der Waals surface area contributed by atoms with Crippen LogP contribution in [0.15, 0.2) is 23.1 Å². The van der Waals surface area contributed by atoms with Crippen molar-refractivity contribution in [1.82, 2.24) is 0 Å². The first-order chi connectivity index (χ1) is 6.88. The second-order valence-electron chi connectivity index (χ2n) is 2.82. The second kappa shape index (κ2) is 4.28. The SMILES string of the molecule is CCS(=O)(=O)c1cc(C(=O)Cl)ccc1F. The number of sulfone groups is 1. The van der Waals surface area contributed by atoms with Gasteiger partial charge in [-0.2, -0.15) is 0 Å². The second-order valence-corrected chi connectivity index (χ2v) is 5.41. The van der Waals surface area contributed by atoms with Gasteiger partial charge in [0.15, 0.2) is 9.84 Å². The molecule has 0 spiro atoms. The van der Waals surface area contributed by atoms with Crippen molar-refractivity contribution in [3.05, 3.63) is 29.6 Å². The average molecular weight is 251 g/mol. The predicted molar refractivity (Wildman–Crippen MR) is 54.3 cm³/mol. The van der Waals surface area contributed by atoms with E-state index >= 15 is 0 Å². The van der Waals surface area contributed by atoms with Crippen LogP contribution in [0.3, 0.4) is 0 Å². The van der Waals surface area contributed by atoms with Gasteiger partial charge in [-0.25, -0.2) is 12.8 Å². The van der Waals surface area contributed by atoms with Crippen LogP contribution >= 0.6 is 11.6 Å². The van der Waals surface area contributed by atoms with Crippen molar-refractivity contribution in [1.29, 1.82) is 0 Å². The lowest BCUT2D eigenvalue weighted by atomic mass is 10.2. The van der Waals surface area contributed by atoms with Crippen molar-refractivity contribution in [3.8, 4) is 0 Å². The minimum Gasteiger partial charge on any atom is -0.276 e. The third kappa shape index (κ3) is 2.54. The molecule has 0 saturated carbocycles. The van der Waals surface area contributed by atoms with Crippen LogP contribution in [0.25, 0.3) is 0 Å². The van der Waals surface area contributed by atoms with Crippen molar-refractivity contribution in [2.45, 2.75) is 11.8 Å². The van der Waals surface area contributed by atoms with Crippen LogP contribution < -0.4 is 0 Å². The van der Waals surface area contributed by atoms with Crippen molar-refractivity contribution >= 4 is 26.7 Å². The highest BCUT2D eigenvalue weighted by Crippen LogP contribution is 2.18. The molecule has 0 bridgehead atoms. The number of carbonyl (C=O) groups excluding carboxylic acids is 1. The smallest absolute Gasteiger partial charge is 0.252 e. The van der Waals surface area contributed by atoms with E-state index in [-0.39, 0.29) is 11.3 Å². The summed E-state index contributed by atoms with van der Waals surface area (Å²) in [5, 5.41) is -0.817. The minimum absolute atomic E-state index is 0.0370. The number of benzene rings is 1. The molecule has 0 amide bonds. The van der Waals surface area contributed by atoms with Crippen molar-refractivity contribution < 1.29 is 17.6 Å². The molecule has 0 radical (unpaired) electrons. The molecular formula is C9H8ClFO3S. The van der Waals surface area contributed by atoms with Gasteiger partial charge in [0.1, 0.15) is 10.7 Å². The molecule has 0 fully saturated rings. The molecule has 6 heteroatoms. The summed E-state index contributed by atoms with van der Waals surface area (Å²) >= 11 is 5.16. The monoisotopic (exact) mass is 250 g/mol. The fourth-order valence-corrected chi connectivity index (χ4v) is 2.12. The number of rotatable bonds is 3. The Morgan fingerprint density at radius 2 is 2.07 bits per heavy atom. The maximum absolute atomic E-state index is 13.2. The summed E-state index contributed by atoms with van der Waals surface area (Å²) in [6.07, 6.45) is 0. The van der Waals surface area contributed by atoms with Gasteiger partial charge in [0, 0.05) is 5.56 Å². The normalized spacial score (nSPS) is 11.4. The van der Waals surface area contributed by atoms with Gasteiger partial charge >= 0.3 is 0 Å². The molecule has 0 aliphatic rings. The van der Waals surface area contributed by atoms with Gasteiger partial charge in [-0.3, -0.25) is 4.79 Å². The Balaban J connectivity index is 3.42. The summed E-state index contributed by atoms with van der Waals surface area (Å²) < 4.78 is 36.0. The van der Waals surface area contributed by atoms with E-state index in [0.717, 1.165) is 18.2 Å². The van der Waals surface area contributed by atoms with E-state index in [4.69, 9.17) is 11.6 Å². The quantitative estimate of drug-likeness (QED) is 0.771. The van der Waals surface area contributed by atoms with Crippen LogP contribution in [-0.4, -0.2) is 19.4 Å². The molecule has 0 atom stereocenters. The van der Waals surface area contributed by atoms with E-state index < -0.39 is 25.8 Å². The molecule has 3 nitrogen and oxygen atoms in total. The Labute approximate surface area is 91.8 Å².